The van der Waals surface area contributed by atoms with Gasteiger partial charge in [0.15, 0.2) is 0 Å². The summed E-state index contributed by atoms with van der Waals surface area (Å²) in [4.78, 5) is 0. The molecule has 1 aliphatic rings. The highest BCUT2D eigenvalue weighted by molar-refractivity contribution is 5.30. The third-order valence-electron chi connectivity index (χ3n) is 4.11. The van der Waals surface area contributed by atoms with Crippen molar-refractivity contribution in [1.29, 1.82) is 0 Å². The van der Waals surface area contributed by atoms with Gasteiger partial charge in [-0.2, -0.15) is 13.2 Å². The monoisotopic (exact) mass is 289 g/mol. The maximum absolute atomic E-state index is 13.7. The first-order chi connectivity index (χ1) is 9.43. The molecule has 2 rings (SSSR count). The highest BCUT2D eigenvalue weighted by Crippen LogP contribution is 2.36. The lowest BCUT2D eigenvalue weighted by atomic mass is 9.87. The van der Waals surface area contributed by atoms with E-state index in [2.05, 4.69) is 5.32 Å². The minimum Gasteiger partial charge on any atom is -0.316 e. The summed E-state index contributed by atoms with van der Waals surface area (Å²) < 4.78 is 51.4. The van der Waals surface area contributed by atoms with Gasteiger partial charge in [0.05, 0.1) is 5.56 Å². The smallest absolute Gasteiger partial charge is 0.316 e. The number of alkyl halides is 3. The van der Waals surface area contributed by atoms with Crippen molar-refractivity contribution in [3.63, 3.8) is 0 Å². The molecule has 1 aromatic rings. The molecule has 1 aliphatic carbocycles. The molecule has 0 amide bonds. The zero-order chi connectivity index (χ0) is 14.8. The van der Waals surface area contributed by atoms with Gasteiger partial charge < -0.3 is 5.32 Å². The molecule has 5 heteroatoms. The van der Waals surface area contributed by atoms with Crippen molar-refractivity contribution in [3.8, 4) is 0 Å². The third-order valence-corrected chi connectivity index (χ3v) is 4.11. The third kappa shape index (κ3) is 3.32. The van der Waals surface area contributed by atoms with Crippen molar-refractivity contribution in [2.24, 2.45) is 0 Å². The molecule has 2 unspecified atom stereocenters. The topological polar surface area (TPSA) is 12.0 Å². The van der Waals surface area contributed by atoms with Crippen molar-refractivity contribution in [2.75, 3.05) is 7.05 Å². The summed E-state index contributed by atoms with van der Waals surface area (Å²) in [5.74, 6) is -1.09. The van der Waals surface area contributed by atoms with Crippen molar-refractivity contribution in [3.05, 3.63) is 35.1 Å². The number of hydrogen-bond donors (Lipinski definition) is 1. The Morgan fingerprint density at radius 2 is 1.80 bits per heavy atom. The van der Waals surface area contributed by atoms with E-state index < -0.39 is 17.6 Å². The van der Waals surface area contributed by atoms with E-state index in [1.807, 2.05) is 7.05 Å². The van der Waals surface area contributed by atoms with Crippen molar-refractivity contribution in [2.45, 2.75) is 50.2 Å². The van der Waals surface area contributed by atoms with E-state index in [1.54, 1.807) is 0 Å². The summed E-state index contributed by atoms with van der Waals surface area (Å²) in [6.07, 6.45) is 0.489. The Morgan fingerprint density at radius 3 is 2.40 bits per heavy atom. The molecule has 2 atom stereocenters. The Balaban J connectivity index is 2.29. The molecule has 1 N–H and O–H groups in total. The molecule has 1 saturated carbocycles. The predicted molar refractivity (Wildman–Crippen MR) is 70.1 cm³/mol. The summed E-state index contributed by atoms with van der Waals surface area (Å²) in [6, 6.07) is 3.55. The molecule has 1 aromatic carbocycles. The van der Waals surface area contributed by atoms with Crippen LogP contribution < -0.4 is 5.32 Å². The first-order valence-electron chi connectivity index (χ1n) is 6.97. The van der Waals surface area contributed by atoms with E-state index in [0.29, 0.717) is 5.56 Å². The van der Waals surface area contributed by atoms with Gasteiger partial charge in [-0.05, 0) is 43.5 Å². The first-order valence-corrected chi connectivity index (χ1v) is 6.97. The average Bonchev–Trinajstić information content (AvgIpc) is 2.61. The molecule has 1 fully saturated rings. The fourth-order valence-electron chi connectivity index (χ4n) is 3.04. The van der Waals surface area contributed by atoms with Crippen LogP contribution in [0.25, 0.3) is 0 Å². The van der Waals surface area contributed by atoms with E-state index in [4.69, 9.17) is 0 Å². The maximum Gasteiger partial charge on any atom is 0.419 e. The molecule has 0 radical (unpaired) electrons. The van der Waals surface area contributed by atoms with Crippen LogP contribution in [0.2, 0.25) is 0 Å². The molecular weight excluding hydrogens is 270 g/mol. The van der Waals surface area contributed by atoms with Crippen LogP contribution in [-0.2, 0) is 6.18 Å². The lowest BCUT2D eigenvalue weighted by molar-refractivity contribution is -0.140. The largest absolute Gasteiger partial charge is 0.419 e. The summed E-state index contributed by atoms with van der Waals surface area (Å²) in [7, 11) is 1.85. The Morgan fingerprint density at radius 1 is 1.10 bits per heavy atom. The minimum atomic E-state index is -4.63. The summed E-state index contributed by atoms with van der Waals surface area (Å²) in [6.45, 7) is 0. The zero-order valence-electron chi connectivity index (χ0n) is 11.4. The average molecular weight is 289 g/mol. The highest BCUT2D eigenvalue weighted by atomic mass is 19.4. The fourth-order valence-corrected chi connectivity index (χ4v) is 3.04. The van der Waals surface area contributed by atoms with Gasteiger partial charge in [0.25, 0.3) is 0 Å². The van der Waals surface area contributed by atoms with Crippen molar-refractivity contribution in [1.82, 2.24) is 5.32 Å². The molecule has 0 aromatic heterocycles. The molecular formula is C15H19F4N. The summed E-state index contributed by atoms with van der Waals surface area (Å²) >= 11 is 0. The number of rotatable bonds is 2. The fraction of sp³-hybridized carbons (Fsp3) is 0.600. The van der Waals surface area contributed by atoms with Gasteiger partial charge in [-0.15, -0.1) is 0 Å². The Bertz CT molecular complexity index is 456. The molecule has 0 heterocycles. The summed E-state index contributed by atoms with van der Waals surface area (Å²) in [5, 5.41) is 3.21. The Hall–Kier alpha value is -1.10. The van der Waals surface area contributed by atoms with Crippen LogP contribution >= 0.6 is 0 Å². The maximum atomic E-state index is 13.7. The second-order valence-corrected chi connectivity index (χ2v) is 5.38. The molecule has 0 bridgehead atoms. The van der Waals surface area contributed by atoms with Gasteiger partial charge in [-0.1, -0.05) is 25.3 Å². The second kappa shape index (κ2) is 6.12. The van der Waals surface area contributed by atoms with E-state index in [1.165, 1.54) is 6.07 Å². The van der Waals surface area contributed by atoms with Gasteiger partial charge in [0, 0.05) is 6.04 Å². The van der Waals surface area contributed by atoms with E-state index in [-0.39, 0.29) is 12.0 Å². The van der Waals surface area contributed by atoms with Crippen LogP contribution in [0.3, 0.4) is 0 Å². The van der Waals surface area contributed by atoms with Crippen molar-refractivity contribution >= 4 is 0 Å². The van der Waals surface area contributed by atoms with Gasteiger partial charge >= 0.3 is 6.18 Å². The van der Waals surface area contributed by atoms with Crippen LogP contribution in [0.4, 0.5) is 17.6 Å². The van der Waals surface area contributed by atoms with Crippen molar-refractivity contribution < 1.29 is 17.6 Å². The van der Waals surface area contributed by atoms with E-state index in [0.717, 1.165) is 44.2 Å². The molecule has 112 valence electrons. The standard InChI is InChI=1S/C15H19F4N/c1-20-14-6-4-2-3-5-11(14)10-7-8-12(13(16)9-10)15(17,18)19/h7-9,11,14,20H,2-6H2,1H3. The van der Waals surface area contributed by atoms with Crippen LogP contribution in [0.1, 0.15) is 49.1 Å². The zero-order valence-corrected chi connectivity index (χ0v) is 11.4. The van der Waals surface area contributed by atoms with Gasteiger partial charge in [0.2, 0.25) is 0 Å². The number of halogens is 4. The second-order valence-electron chi connectivity index (χ2n) is 5.38. The van der Waals surface area contributed by atoms with E-state index in [9.17, 15) is 17.6 Å². The Kier molecular flexibility index (Phi) is 4.68. The van der Waals surface area contributed by atoms with Crippen LogP contribution in [0.5, 0.6) is 0 Å². The minimum absolute atomic E-state index is 0.0827. The van der Waals surface area contributed by atoms with Gasteiger partial charge in [-0.25, -0.2) is 4.39 Å². The molecule has 0 saturated heterocycles. The van der Waals surface area contributed by atoms with Gasteiger partial charge in [-0.3, -0.25) is 0 Å². The predicted octanol–water partition coefficient (Wildman–Crippen LogP) is 4.48. The van der Waals surface area contributed by atoms with Crippen LogP contribution in [0.15, 0.2) is 18.2 Å². The lowest BCUT2D eigenvalue weighted by Gasteiger charge is -2.25. The number of hydrogen-bond acceptors (Lipinski definition) is 1. The SMILES string of the molecule is CNC1CCCCCC1c1ccc(C(F)(F)F)c(F)c1. The molecule has 20 heavy (non-hydrogen) atoms. The molecule has 0 aliphatic heterocycles. The Labute approximate surface area is 116 Å². The number of benzene rings is 1. The number of nitrogens with one attached hydrogen (secondary N) is 1. The lowest BCUT2D eigenvalue weighted by Crippen LogP contribution is -2.31. The normalized spacial score (nSPS) is 24.4. The van der Waals surface area contributed by atoms with E-state index >= 15 is 0 Å². The first kappa shape index (κ1) is 15.3. The molecule has 1 nitrogen and oxygen atoms in total. The quantitative estimate of drug-likeness (QED) is 0.625. The van der Waals surface area contributed by atoms with Gasteiger partial charge in [0.1, 0.15) is 5.82 Å². The van der Waals surface area contributed by atoms with Crippen LogP contribution in [0, 0.1) is 5.82 Å². The van der Waals surface area contributed by atoms with Crippen LogP contribution in [-0.4, -0.2) is 13.1 Å². The summed E-state index contributed by atoms with van der Waals surface area (Å²) in [5.41, 5.74) is -0.521. The highest BCUT2D eigenvalue weighted by Gasteiger charge is 2.34. The molecule has 0 spiro atoms. The number of likely N-dealkylation sites (N-methyl/N-ethyl adjacent to an activating group) is 1.